The minimum absolute atomic E-state index is 0.0180. The Bertz CT molecular complexity index is 1010. The molecular weight excluding hydrogens is 340 g/mol. The van der Waals surface area contributed by atoms with Crippen LogP contribution in [0.2, 0.25) is 0 Å². The van der Waals surface area contributed by atoms with Crippen LogP contribution in [0.1, 0.15) is 29.7 Å². The fraction of sp³-hybridized carbons (Fsp3) is 0.294. The number of nitrogens with one attached hydrogen (secondary N) is 2. The first-order chi connectivity index (χ1) is 12.1. The Labute approximate surface area is 146 Å². The van der Waals surface area contributed by atoms with Crippen molar-refractivity contribution in [1.82, 2.24) is 9.97 Å². The zero-order valence-electron chi connectivity index (χ0n) is 13.4. The second-order valence-corrected chi connectivity index (χ2v) is 7.17. The number of anilines is 2. The summed E-state index contributed by atoms with van der Waals surface area (Å²) in [6, 6.07) is 6.00. The van der Waals surface area contributed by atoms with Gasteiger partial charge >= 0.3 is 0 Å². The SMILES string of the molecule is O=c1[nH]c(Nc2ccc([N+](=O)[O-])cc2)nc2sc3c(c12)CCCCC3. The van der Waals surface area contributed by atoms with E-state index in [1.165, 1.54) is 23.4 Å². The van der Waals surface area contributed by atoms with Crippen molar-refractivity contribution in [2.45, 2.75) is 32.1 Å². The summed E-state index contributed by atoms with van der Waals surface area (Å²) in [5.41, 5.74) is 1.68. The highest BCUT2D eigenvalue weighted by Gasteiger charge is 2.19. The van der Waals surface area contributed by atoms with Gasteiger partial charge in [0.25, 0.3) is 11.2 Å². The molecule has 0 saturated carbocycles. The number of hydrogen-bond donors (Lipinski definition) is 2. The zero-order valence-corrected chi connectivity index (χ0v) is 14.2. The summed E-state index contributed by atoms with van der Waals surface area (Å²) < 4.78 is 0. The molecule has 1 aromatic carbocycles. The first-order valence-electron chi connectivity index (χ1n) is 8.18. The summed E-state index contributed by atoms with van der Waals surface area (Å²) in [5.74, 6) is 0.350. The lowest BCUT2D eigenvalue weighted by Gasteiger charge is -2.05. The zero-order chi connectivity index (χ0) is 17.4. The Hall–Kier alpha value is -2.74. The summed E-state index contributed by atoms with van der Waals surface area (Å²) >= 11 is 1.60. The van der Waals surface area contributed by atoms with Gasteiger partial charge in [-0.1, -0.05) is 6.42 Å². The summed E-state index contributed by atoms with van der Waals surface area (Å²) in [7, 11) is 0. The molecule has 0 spiro atoms. The van der Waals surface area contributed by atoms with E-state index in [0.29, 0.717) is 11.6 Å². The van der Waals surface area contributed by atoms with Crippen LogP contribution < -0.4 is 10.9 Å². The Balaban J connectivity index is 1.69. The Morgan fingerprint density at radius 1 is 1.16 bits per heavy atom. The number of benzene rings is 1. The van der Waals surface area contributed by atoms with Gasteiger partial charge in [-0.3, -0.25) is 19.9 Å². The number of aromatic nitrogens is 2. The van der Waals surface area contributed by atoms with Gasteiger partial charge in [-0.15, -0.1) is 11.3 Å². The van der Waals surface area contributed by atoms with Gasteiger partial charge in [-0.05, 0) is 43.4 Å². The largest absolute Gasteiger partial charge is 0.326 e. The molecule has 2 heterocycles. The van der Waals surface area contributed by atoms with Gasteiger partial charge in [-0.2, -0.15) is 0 Å². The lowest BCUT2D eigenvalue weighted by molar-refractivity contribution is -0.384. The number of rotatable bonds is 3. The third-order valence-corrected chi connectivity index (χ3v) is 5.60. The van der Waals surface area contributed by atoms with Gasteiger partial charge in [0.2, 0.25) is 5.95 Å². The average molecular weight is 356 g/mol. The maximum atomic E-state index is 12.6. The number of non-ortho nitro benzene ring substituents is 1. The van der Waals surface area contributed by atoms with Gasteiger partial charge < -0.3 is 5.32 Å². The van der Waals surface area contributed by atoms with Crippen LogP contribution in [0.3, 0.4) is 0 Å². The van der Waals surface area contributed by atoms with Gasteiger partial charge in [0.05, 0.1) is 10.3 Å². The van der Waals surface area contributed by atoms with Gasteiger partial charge in [-0.25, -0.2) is 4.98 Å². The standard InChI is InChI=1S/C17H16N4O3S/c22-15-14-12-4-2-1-3-5-13(12)25-16(14)20-17(19-15)18-10-6-8-11(9-7-10)21(23)24/h6-9H,1-5H2,(H2,18,19,20,22). The van der Waals surface area contributed by atoms with Crippen LogP contribution >= 0.6 is 11.3 Å². The van der Waals surface area contributed by atoms with Gasteiger partial charge in [0, 0.05) is 22.7 Å². The van der Waals surface area contributed by atoms with E-state index in [0.717, 1.165) is 41.5 Å². The lowest BCUT2D eigenvalue weighted by Crippen LogP contribution is -2.11. The second-order valence-electron chi connectivity index (χ2n) is 6.09. The number of fused-ring (bicyclic) bond motifs is 3. The third kappa shape index (κ3) is 3.00. The normalized spacial score (nSPS) is 14.1. The van der Waals surface area contributed by atoms with Gasteiger partial charge in [0.15, 0.2) is 0 Å². The number of hydrogen-bond acceptors (Lipinski definition) is 6. The molecule has 128 valence electrons. The third-order valence-electron chi connectivity index (χ3n) is 4.42. The lowest BCUT2D eigenvalue weighted by atomic mass is 10.1. The molecular formula is C17H16N4O3S. The molecule has 0 saturated heterocycles. The van der Waals surface area contributed by atoms with E-state index in [1.54, 1.807) is 23.5 Å². The van der Waals surface area contributed by atoms with E-state index >= 15 is 0 Å². The van der Waals surface area contributed by atoms with Crippen molar-refractivity contribution in [3.8, 4) is 0 Å². The quantitative estimate of drug-likeness (QED) is 0.421. The Kier molecular flexibility index (Phi) is 3.96. The van der Waals surface area contributed by atoms with Crippen molar-refractivity contribution in [1.29, 1.82) is 0 Å². The Morgan fingerprint density at radius 3 is 2.68 bits per heavy atom. The number of H-pyrrole nitrogens is 1. The van der Waals surface area contributed by atoms with E-state index in [2.05, 4.69) is 15.3 Å². The van der Waals surface area contributed by atoms with Crippen LogP contribution in [0, 0.1) is 10.1 Å². The van der Waals surface area contributed by atoms with Gasteiger partial charge in [0.1, 0.15) is 4.83 Å². The van der Waals surface area contributed by atoms with Crippen molar-refractivity contribution in [3.63, 3.8) is 0 Å². The minimum atomic E-state index is -0.450. The summed E-state index contributed by atoms with van der Waals surface area (Å²) in [6.07, 6.45) is 5.43. The molecule has 2 aromatic heterocycles. The smallest absolute Gasteiger partial charge is 0.269 e. The van der Waals surface area contributed by atoms with Crippen LogP contribution in [0.15, 0.2) is 29.1 Å². The molecule has 7 nitrogen and oxygen atoms in total. The van der Waals surface area contributed by atoms with Crippen LogP contribution in [-0.2, 0) is 12.8 Å². The predicted octanol–water partition coefficient (Wildman–Crippen LogP) is 3.91. The number of thiophene rings is 1. The number of aryl methyl sites for hydroxylation is 2. The van der Waals surface area contributed by atoms with E-state index in [-0.39, 0.29) is 11.2 Å². The predicted molar refractivity (Wildman–Crippen MR) is 97.9 cm³/mol. The highest BCUT2D eigenvalue weighted by Crippen LogP contribution is 2.33. The molecule has 0 atom stereocenters. The van der Waals surface area contributed by atoms with Crippen molar-refractivity contribution in [3.05, 3.63) is 55.2 Å². The molecule has 2 N–H and O–H groups in total. The maximum absolute atomic E-state index is 12.6. The molecule has 4 rings (SSSR count). The highest BCUT2D eigenvalue weighted by atomic mass is 32.1. The maximum Gasteiger partial charge on any atom is 0.269 e. The van der Waals surface area contributed by atoms with E-state index in [9.17, 15) is 14.9 Å². The molecule has 0 fully saturated rings. The van der Waals surface area contributed by atoms with Crippen molar-refractivity contribution in [2.24, 2.45) is 0 Å². The number of nitrogens with zero attached hydrogens (tertiary/aromatic N) is 2. The van der Waals surface area contributed by atoms with E-state index in [1.807, 2.05) is 0 Å². The van der Waals surface area contributed by atoms with E-state index < -0.39 is 4.92 Å². The van der Waals surface area contributed by atoms with E-state index in [4.69, 9.17) is 0 Å². The molecule has 1 aliphatic rings. The topological polar surface area (TPSA) is 101 Å². The first kappa shape index (κ1) is 15.8. The molecule has 0 bridgehead atoms. The van der Waals surface area contributed by atoms with Crippen molar-refractivity contribution in [2.75, 3.05) is 5.32 Å². The van der Waals surface area contributed by atoms with Crippen LogP contribution in [0.25, 0.3) is 10.2 Å². The molecule has 0 unspecified atom stereocenters. The molecule has 3 aromatic rings. The second kappa shape index (κ2) is 6.29. The van der Waals surface area contributed by atoms with Crippen LogP contribution in [0.4, 0.5) is 17.3 Å². The summed E-state index contributed by atoms with van der Waals surface area (Å²) in [6.45, 7) is 0. The fourth-order valence-corrected chi connectivity index (χ4v) is 4.47. The molecule has 0 radical (unpaired) electrons. The van der Waals surface area contributed by atoms with Crippen molar-refractivity contribution >= 4 is 38.9 Å². The molecule has 25 heavy (non-hydrogen) atoms. The molecule has 0 aliphatic heterocycles. The van der Waals surface area contributed by atoms with Crippen LogP contribution in [0.5, 0.6) is 0 Å². The monoisotopic (exact) mass is 356 g/mol. The fourth-order valence-electron chi connectivity index (χ4n) is 3.20. The molecule has 0 amide bonds. The molecule has 8 heteroatoms. The number of aromatic amines is 1. The Morgan fingerprint density at radius 2 is 1.92 bits per heavy atom. The highest BCUT2D eigenvalue weighted by molar-refractivity contribution is 7.18. The van der Waals surface area contributed by atoms with Crippen molar-refractivity contribution < 1.29 is 4.92 Å². The number of nitro groups is 1. The molecule has 1 aliphatic carbocycles. The minimum Gasteiger partial charge on any atom is -0.326 e. The first-order valence-corrected chi connectivity index (χ1v) is 8.99. The summed E-state index contributed by atoms with van der Waals surface area (Å²) in [4.78, 5) is 32.2. The summed E-state index contributed by atoms with van der Waals surface area (Å²) in [5, 5.41) is 14.4. The number of nitro benzene ring substituents is 1. The van der Waals surface area contributed by atoms with Crippen LogP contribution in [-0.4, -0.2) is 14.9 Å². The average Bonchev–Trinajstić information content (AvgIpc) is 2.77.